The van der Waals surface area contributed by atoms with E-state index in [0.717, 1.165) is 17.1 Å². The molecule has 0 bridgehead atoms. The minimum Gasteiger partial charge on any atom is -0.329 e. The summed E-state index contributed by atoms with van der Waals surface area (Å²) in [7, 11) is 2.08. The first-order valence-electron chi connectivity index (χ1n) is 5.88. The predicted molar refractivity (Wildman–Crippen MR) is 79.0 cm³/mol. The zero-order valence-electron chi connectivity index (χ0n) is 10.3. The Labute approximate surface area is 117 Å². The lowest BCUT2D eigenvalue weighted by Crippen LogP contribution is -2.29. The van der Waals surface area contributed by atoms with Crippen molar-refractivity contribution < 1.29 is 0 Å². The molecule has 4 heteroatoms. The Bertz CT molecular complexity index is 484. The van der Waals surface area contributed by atoms with Crippen molar-refractivity contribution in [3.63, 3.8) is 0 Å². The van der Waals surface area contributed by atoms with Crippen LogP contribution >= 0.6 is 22.9 Å². The average Bonchev–Trinajstić information content (AvgIpc) is 2.87. The van der Waals surface area contributed by atoms with Crippen molar-refractivity contribution in [1.82, 2.24) is 4.90 Å². The van der Waals surface area contributed by atoms with E-state index in [-0.39, 0.29) is 6.04 Å². The third-order valence-electron chi connectivity index (χ3n) is 3.06. The van der Waals surface area contributed by atoms with Crippen LogP contribution in [0.25, 0.3) is 0 Å². The van der Waals surface area contributed by atoms with Gasteiger partial charge in [-0.25, -0.2) is 0 Å². The van der Waals surface area contributed by atoms with Crippen molar-refractivity contribution in [1.29, 1.82) is 0 Å². The van der Waals surface area contributed by atoms with Gasteiger partial charge in [-0.15, -0.1) is 0 Å². The van der Waals surface area contributed by atoms with Crippen molar-refractivity contribution in [2.24, 2.45) is 5.73 Å². The van der Waals surface area contributed by atoms with Gasteiger partial charge in [-0.05, 0) is 41.1 Å². The van der Waals surface area contributed by atoms with E-state index >= 15 is 0 Å². The van der Waals surface area contributed by atoms with E-state index in [1.54, 1.807) is 11.3 Å². The molecule has 0 amide bonds. The van der Waals surface area contributed by atoms with Gasteiger partial charge in [0.25, 0.3) is 0 Å². The third kappa shape index (κ3) is 3.12. The average molecular weight is 281 g/mol. The van der Waals surface area contributed by atoms with Gasteiger partial charge in [-0.3, -0.25) is 4.90 Å². The Balaban J connectivity index is 2.11. The molecule has 18 heavy (non-hydrogen) atoms. The van der Waals surface area contributed by atoms with E-state index in [1.807, 2.05) is 18.2 Å². The molecule has 0 saturated heterocycles. The molecule has 0 aliphatic heterocycles. The Morgan fingerprint density at radius 3 is 2.72 bits per heavy atom. The Kier molecular flexibility index (Phi) is 4.78. The summed E-state index contributed by atoms with van der Waals surface area (Å²) in [6.45, 7) is 1.41. The summed E-state index contributed by atoms with van der Waals surface area (Å²) in [5.41, 5.74) is 8.30. The van der Waals surface area contributed by atoms with Crippen molar-refractivity contribution in [2.75, 3.05) is 13.6 Å². The number of likely N-dealkylation sites (N-methyl/N-ethyl adjacent to an activating group) is 1. The van der Waals surface area contributed by atoms with Crippen molar-refractivity contribution in [3.05, 3.63) is 57.2 Å². The molecule has 2 aromatic rings. The van der Waals surface area contributed by atoms with Crippen LogP contribution in [-0.2, 0) is 6.54 Å². The Hall–Kier alpha value is -0.870. The summed E-state index contributed by atoms with van der Waals surface area (Å²) >= 11 is 7.89. The fourth-order valence-corrected chi connectivity index (χ4v) is 2.94. The molecule has 1 atom stereocenters. The highest BCUT2D eigenvalue weighted by atomic mass is 35.5. The van der Waals surface area contributed by atoms with E-state index < -0.39 is 0 Å². The molecular formula is C14H17ClN2S. The summed E-state index contributed by atoms with van der Waals surface area (Å²) < 4.78 is 0. The van der Waals surface area contributed by atoms with Crippen LogP contribution in [0, 0.1) is 0 Å². The van der Waals surface area contributed by atoms with E-state index in [0.29, 0.717) is 6.54 Å². The second-order valence-electron chi connectivity index (χ2n) is 4.31. The van der Waals surface area contributed by atoms with Crippen LogP contribution in [0.5, 0.6) is 0 Å². The SMILES string of the molecule is CN(Cc1ccccc1Cl)C(CN)c1ccsc1. The van der Waals surface area contributed by atoms with Gasteiger partial charge in [-0.1, -0.05) is 29.8 Å². The van der Waals surface area contributed by atoms with Gasteiger partial charge in [-0.2, -0.15) is 11.3 Å². The number of hydrogen-bond donors (Lipinski definition) is 1. The smallest absolute Gasteiger partial charge is 0.0479 e. The second-order valence-corrected chi connectivity index (χ2v) is 5.50. The Morgan fingerprint density at radius 2 is 2.11 bits per heavy atom. The standard InChI is InChI=1S/C14H17ClN2S/c1-17(9-11-4-2-3-5-13(11)15)14(8-16)12-6-7-18-10-12/h2-7,10,14H,8-9,16H2,1H3. The van der Waals surface area contributed by atoms with Gasteiger partial charge in [0, 0.05) is 24.2 Å². The van der Waals surface area contributed by atoms with Crippen LogP contribution < -0.4 is 5.73 Å². The van der Waals surface area contributed by atoms with Gasteiger partial charge in [0.05, 0.1) is 0 Å². The summed E-state index contributed by atoms with van der Waals surface area (Å²) in [6.07, 6.45) is 0. The van der Waals surface area contributed by atoms with Crippen molar-refractivity contribution in [3.8, 4) is 0 Å². The lowest BCUT2D eigenvalue weighted by Gasteiger charge is -2.26. The summed E-state index contributed by atoms with van der Waals surface area (Å²) in [5, 5.41) is 5.05. The molecular weight excluding hydrogens is 264 g/mol. The van der Waals surface area contributed by atoms with E-state index in [4.69, 9.17) is 17.3 Å². The highest BCUT2D eigenvalue weighted by Gasteiger charge is 2.16. The van der Waals surface area contributed by atoms with Crippen LogP contribution in [0.3, 0.4) is 0 Å². The number of thiophene rings is 1. The number of rotatable bonds is 5. The molecule has 0 spiro atoms. The van der Waals surface area contributed by atoms with Crippen LogP contribution in [0.2, 0.25) is 5.02 Å². The maximum Gasteiger partial charge on any atom is 0.0479 e. The molecule has 1 aromatic heterocycles. The second kappa shape index (κ2) is 6.34. The zero-order valence-corrected chi connectivity index (χ0v) is 11.9. The summed E-state index contributed by atoms with van der Waals surface area (Å²) in [6, 6.07) is 10.3. The largest absolute Gasteiger partial charge is 0.329 e. The zero-order chi connectivity index (χ0) is 13.0. The minimum atomic E-state index is 0.243. The molecule has 0 fully saturated rings. The fourth-order valence-electron chi connectivity index (χ4n) is 2.04. The monoisotopic (exact) mass is 280 g/mol. The molecule has 1 unspecified atom stereocenters. The quantitative estimate of drug-likeness (QED) is 0.908. The first-order chi connectivity index (χ1) is 8.72. The number of benzene rings is 1. The molecule has 0 aliphatic rings. The fraction of sp³-hybridized carbons (Fsp3) is 0.286. The number of halogens is 1. The van der Waals surface area contributed by atoms with Crippen LogP contribution in [-0.4, -0.2) is 18.5 Å². The molecule has 0 radical (unpaired) electrons. The molecule has 96 valence electrons. The number of hydrogen-bond acceptors (Lipinski definition) is 3. The van der Waals surface area contributed by atoms with Crippen LogP contribution in [0.1, 0.15) is 17.2 Å². The maximum atomic E-state index is 6.19. The first-order valence-corrected chi connectivity index (χ1v) is 7.20. The topological polar surface area (TPSA) is 29.3 Å². The van der Waals surface area contributed by atoms with Gasteiger partial charge < -0.3 is 5.73 Å². The van der Waals surface area contributed by atoms with E-state index in [9.17, 15) is 0 Å². The normalized spacial score (nSPS) is 12.9. The highest BCUT2D eigenvalue weighted by molar-refractivity contribution is 7.07. The van der Waals surface area contributed by atoms with Gasteiger partial charge in [0.2, 0.25) is 0 Å². The van der Waals surface area contributed by atoms with Crippen LogP contribution in [0.15, 0.2) is 41.1 Å². The predicted octanol–water partition coefficient (Wildman–Crippen LogP) is 3.53. The minimum absolute atomic E-state index is 0.243. The van der Waals surface area contributed by atoms with Gasteiger partial charge in [0.15, 0.2) is 0 Å². The molecule has 0 saturated carbocycles. The lowest BCUT2D eigenvalue weighted by molar-refractivity contribution is 0.242. The maximum absolute atomic E-state index is 6.19. The molecule has 0 aliphatic carbocycles. The van der Waals surface area contributed by atoms with E-state index in [2.05, 4.69) is 34.8 Å². The van der Waals surface area contributed by atoms with Gasteiger partial charge in [0.1, 0.15) is 0 Å². The first kappa shape index (κ1) is 13.6. The molecule has 2 N–H and O–H groups in total. The van der Waals surface area contributed by atoms with Crippen molar-refractivity contribution >= 4 is 22.9 Å². The molecule has 2 nitrogen and oxygen atoms in total. The van der Waals surface area contributed by atoms with Gasteiger partial charge >= 0.3 is 0 Å². The molecule has 1 heterocycles. The molecule has 2 rings (SSSR count). The van der Waals surface area contributed by atoms with Crippen LogP contribution in [0.4, 0.5) is 0 Å². The van der Waals surface area contributed by atoms with Crippen molar-refractivity contribution in [2.45, 2.75) is 12.6 Å². The number of nitrogens with zero attached hydrogens (tertiary/aromatic N) is 1. The van der Waals surface area contributed by atoms with E-state index in [1.165, 1.54) is 5.56 Å². The summed E-state index contributed by atoms with van der Waals surface area (Å²) in [5.74, 6) is 0. The third-order valence-corrected chi connectivity index (χ3v) is 4.13. The highest BCUT2D eigenvalue weighted by Crippen LogP contribution is 2.24. The lowest BCUT2D eigenvalue weighted by atomic mass is 10.1. The Morgan fingerprint density at radius 1 is 1.33 bits per heavy atom. The number of nitrogens with two attached hydrogens (primary N) is 1. The molecule has 1 aromatic carbocycles. The summed E-state index contributed by atoms with van der Waals surface area (Å²) in [4.78, 5) is 2.24.